The third-order valence-corrected chi connectivity index (χ3v) is 1.53. The molecule has 65 valence electrons. The van der Waals surface area contributed by atoms with Crippen molar-refractivity contribution in [3.05, 3.63) is 0 Å². The van der Waals surface area contributed by atoms with Crippen molar-refractivity contribution in [2.75, 3.05) is 0 Å². The van der Waals surface area contributed by atoms with Crippen LogP contribution in [0, 0.1) is 0 Å². The number of ether oxygens (including phenoxy) is 1. The molecule has 0 bridgehead atoms. The van der Waals surface area contributed by atoms with Gasteiger partial charge in [-0.25, -0.2) is 5.09 Å². The number of nitrogens with one attached hydrogen (secondary N) is 1. The summed E-state index contributed by atoms with van der Waals surface area (Å²) >= 11 is 0. The average Bonchev–Trinajstić information content (AvgIpc) is 1.86. The first-order valence-corrected chi connectivity index (χ1v) is 4.32. The average molecular weight is 178 g/mol. The van der Waals surface area contributed by atoms with E-state index >= 15 is 0 Å². The summed E-state index contributed by atoms with van der Waals surface area (Å²) < 4.78 is 14.9. The van der Waals surface area contributed by atoms with Crippen LogP contribution in [0.2, 0.25) is 0 Å². The zero-order valence-corrected chi connectivity index (χ0v) is 7.88. The van der Waals surface area contributed by atoms with Gasteiger partial charge in [0, 0.05) is 0 Å². The Bertz CT molecular complexity index is 149. The van der Waals surface area contributed by atoms with E-state index in [1.54, 1.807) is 20.8 Å². The van der Waals surface area contributed by atoms with Crippen LogP contribution in [0.3, 0.4) is 0 Å². The second-order valence-electron chi connectivity index (χ2n) is 2.45. The number of carbonyl (C=O) groups excluding carboxylic acids is 1. The van der Waals surface area contributed by atoms with Gasteiger partial charge in [0.25, 0.3) is 0 Å². The van der Waals surface area contributed by atoms with Crippen molar-refractivity contribution in [2.24, 2.45) is 0 Å². The largest absolute Gasteiger partial charge is 0.462 e. The van der Waals surface area contributed by atoms with E-state index in [0.717, 1.165) is 0 Å². The summed E-state index contributed by atoms with van der Waals surface area (Å²) in [5.41, 5.74) is 0. The van der Waals surface area contributed by atoms with Crippen molar-refractivity contribution in [3.8, 4) is 0 Å². The fourth-order valence-electron chi connectivity index (χ4n) is 0.482. The lowest BCUT2D eigenvalue weighted by molar-refractivity contribution is -0.148. The molecule has 0 aromatic heterocycles. The SMILES string of the molecule is CC(C)OC(=O)[C@H](C)N[PH]=O. The highest BCUT2D eigenvalue weighted by molar-refractivity contribution is 7.21. The van der Waals surface area contributed by atoms with E-state index in [9.17, 15) is 9.36 Å². The minimum Gasteiger partial charge on any atom is -0.462 e. The number of hydrogen-bond acceptors (Lipinski definition) is 3. The highest BCUT2D eigenvalue weighted by Crippen LogP contribution is 1.96. The van der Waals surface area contributed by atoms with Gasteiger partial charge in [-0.3, -0.25) is 9.36 Å². The Morgan fingerprint density at radius 3 is 2.36 bits per heavy atom. The molecule has 4 nitrogen and oxygen atoms in total. The van der Waals surface area contributed by atoms with Crippen molar-refractivity contribution in [1.29, 1.82) is 0 Å². The second-order valence-corrected chi connectivity index (χ2v) is 2.95. The summed E-state index contributed by atoms with van der Waals surface area (Å²) in [6.45, 7) is 5.14. The van der Waals surface area contributed by atoms with Crippen LogP contribution >= 0.6 is 8.61 Å². The van der Waals surface area contributed by atoms with E-state index in [4.69, 9.17) is 4.74 Å². The summed E-state index contributed by atoms with van der Waals surface area (Å²) in [6, 6.07) is -0.492. The predicted molar refractivity (Wildman–Crippen MR) is 42.8 cm³/mol. The normalized spacial score (nSPS) is 13.5. The molecule has 0 saturated carbocycles. The number of rotatable bonds is 4. The first kappa shape index (κ1) is 10.5. The van der Waals surface area contributed by atoms with E-state index in [-0.39, 0.29) is 12.1 Å². The fourth-order valence-corrected chi connectivity index (χ4v) is 0.776. The molecule has 0 aromatic rings. The standard InChI is InChI=1S/C6H13NO3P/c1-4(2)10-6(8)5(3)7-11-9/h4-5,11H,1-3H3,(H,7,9)/t5-/m0/s1. The molecule has 0 rings (SSSR count). The molecule has 5 heteroatoms. The maximum absolute atomic E-state index is 10.9. The third-order valence-electron chi connectivity index (χ3n) is 0.981. The van der Waals surface area contributed by atoms with Crippen LogP contribution in [-0.4, -0.2) is 18.1 Å². The molecule has 1 unspecified atom stereocenters. The predicted octanol–water partition coefficient (Wildman–Crippen LogP) is 0.855. The van der Waals surface area contributed by atoms with Crippen LogP contribution in [0.5, 0.6) is 0 Å². The molecular formula is C6H13NO3P. The molecule has 0 heterocycles. The second kappa shape index (κ2) is 5.22. The Hall–Kier alpha value is -0.470. The molecule has 0 amide bonds. The monoisotopic (exact) mass is 178 g/mol. The van der Waals surface area contributed by atoms with Crippen molar-refractivity contribution in [2.45, 2.75) is 32.9 Å². The fraction of sp³-hybridized carbons (Fsp3) is 0.833. The molecule has 11 heavy (non-hydrogen) atoms. The zero-order chi connectivity index (χ0) is 8.85. The van der Waals surface area contributed by atoms with Gasteiger partial charge in [0.2, 0.25) is 0 Å². The van der Waals surface area contributed by atoms with Crippen molar-refractivity contribution in [3.63, 3.8) is 0 Å². The van der Waals surface area contributed by atoms with Gasteiger partial charge in [-0.05, 0) is 20.8 Å². The zero-order valence-electron chi connectivity index (χ0n) is 6.88. The molecule has 1 N–H and O–H groups in total. The van der Waals surface area contributed by atoms with E-state index in [0.29, 0.717) is 0 Å². The van der Waals surface area contributed by atoms with Gasteiger partial charge in [-0.2, -0.15) is 0 Å². The van der Waals surface area contributed by atoms with Crippen LogP contribution in [0.4, 0.5) is 0 Å². The smallest absolute Gasteiger partial charge is 0.323 e. The lowest BCUT2D eigenvalue weighted by atomic mass is 10.4. The number of hydrogen-bond donors (Lipinski definition) is 1. The van der Waals surface area contributed by atoms with Gasteiger partial charge < -0.3 is 4.74 Å². The highest BCUT2D eigenvalue weighted by Gasteiger charge is 2.13. The highest BCUT2D eigenvalue weighted by atomic mass is 31.1. The maximum Gasteiger partial charge on any atom is 0.323 e. The third kappa shape index (κ3) is 4.87. The maximum atomic E-state index is 10.9. The molecule has 0 aliphatic carbocycles. The molecule has 0 aromatic carbocycles. The topological polar surface area (TPSA) is 55.4 Å². The van der Waals surface area contributed by atoms with Crippen LogP contribution in [0.25, 0.3) is 0 Å². The first-order valence-electron chi connectivity index (χ1n) is 3.41. The first-order chi connectivity index (χ1) is 5.07. The van der Waals surface area contributed by atoms with Crippen LogP contribution in [0.15, 0.2) is 0 Å². The van der Waals surface area contributed by atoms with E-state index in [2.05, 4.69) is 5.09 Å². The van der Waals surface area contributed by atoms with Gasteiger partial charge in [0.1, 0.15) is 14.7 Å². The molecule has 1 radical (unpaired) electrons. The van der Waals surface area contributed by atoms with Crippen LogP contribution < -0.4 is 5.09 Å². The number of esters is 1. The van der Waals surface area contributed by atoms with Crippen molar-refractivity contribution in [1.82, 2.24) is 5.09 Å². The van der Waals surface area contributed by atoms with Crippen molar-refractivity contribution >= 4 is 14.6 Å². The van der Waals surface area contributed by atoms with Crippen LogP contribution in [0.1, 0.15) is 20.8 Å². The quantitative estimate of drug-likeness (QED) is 0.512. The molecule has 0 spiro atoms. The molecular weight excluding hydrogens is 165 g/mol. The molecule has 0 saturated heterocycles. The molecule has 2 atom stereocenters. The van der Waals surface area contributed by atoms with E-state index in [1.165, 1.54) is 0 Å². The van der Waals surface area contributed by atoms with Crippen LogP contribution in [-0.2, 0) is 14.1 Å². The molecule has 0 aliphatic rings. The minimum atomic E-state index is -0.673. The Morgan fingerprint density at radius 2 is 2.00 bits per heavy atom. The Labute approximate surface area is 67.6 Å². The van der Waals surface area contributed by atoms with Gasteiger partial charge in [0.05, 0.1) is 6.10 Å². The lowest BCUT2D eigenvalue weighted by Crippen LogP contribution is -2.31. The summed E-state index contributed by atoms with van der Waals surface area (Å²) in [4.78, 5) is 10.9. The summed E-state index contributed by atoms with van der Waals surface area (Å²) in [6.07, 6.45) is -0.123. The Balaban J connectivity index is 3.72. The lowest BCUT2D eigenvalue weighted by Gasteiger charge is -2.11. The Morgan fingerprint density at radius 1 is 1.45 bits per heavy atom. The van der Waals surface area contributed by atoms with E-state index in [1.807, 2.05) is 0 Å². The van der Waals surface area contributed by atoms with Gasteiger partial charge in [-0.15, -0.1) is 0 Å². The Kier molecular flexibility index (Phi) is 4.99. The summed E-state index contributed by atoms with van der Waals surface area (Å²) in [5, 5.41) is 2.45. The molecule has 0 fully saturated rings. The summed E-state index contributed by atoms with van der Waals surface area (Å²) in [5.74, 6) is -0.372. The van der Waals surface area contributed by atoms with Gasteiger partial charge >= 0.3 is 5.97 Å². The van der Waals surface area contributed by atoms with Crippen molar-refractivity contribution < 1.29 is 14.1 Å². The van der Waals surface area contributed by atoms with Gasteiger partial charge in [-0.1, -0.05) is 0 Å². The minimum absolute atomic E-state index is 0.123. The molecule has 0 aliphatic heterocycles. The van der Waals surface area contributed by atoms with E-state index < -0.39 is 14.7 Å². The summed E-state index contributed by atoms with van der Waals surface area (Å²) in [7, 11) is -0.673. The van der Waals surface area contributed by atoms with Gasteiger partial charge in [0.15, 0.2) is 0 Å². The number of carbonyl (C=O) groups is 1.